The predicted octanol–water partition coefficient (Wildman–Crippen LogP) is 4.77. The topological polar surface area (TPSA) is 78.7 Å². The number of aromatic nitrogens is 2. The molecule has 3 aromatic rings. The van der Waals surface area contributed by atoms with E-state index in [2.05, 4.69) is 15.3 Å². The number of nitriles is 1. The van der Waals surface area contributed by atoms with Crippen LogP contribution >= 0.6 is 11.3 Å². The Labute approximate surface area is 161 Å². The molecule has 1 amide bonds. The Morgan fingerprint density at radius 1 is 1.21 bits per heavy atom. The van der Waals surface area contributed by atoms with Gasteiger partial charge in [0.15, 0.2) is 0 Å². The second kappa shape index (κ2) is 8.02. The van der Waals surface area contributed by atoms with E-state index in [0.717, 1.165) is 12.1 Å². The van der Waals surface area contributed by atoms with Crippen molar-refractivity contribution in [1.29, 1.82) is 5.26 Å². The van der Waals surface area contributed by atoms with Crippen LogP contribution in [0.15, 0.2) is 59.6 Å². The van der Waals surface area contributed by atoms with Crippen LogP contribution in [0.1, 0.15) is 11.3 Å². The molecular weight excluding hydrogens is 389 g/mol. The predicted molar refractivity (Wildman–Crippen MR) is 99.0 cm³/mol. The third-order valence-electron chi connectivity index (χ3n) is 3.51. The normalized spacial score (nSPS) is 11.7. The summed E-state index contributed by atoms with van der Waals surface area (Å²) in [6.07, 6.45) is -1.64. The van der Waals surface area contributed by atoms with Crippen LogP contribution in [-0.4, -0.2) is 15.9 Å². The molecule has 0 atom stereocenters. The summed E-state index contributed by atoms with van der Waals surface area (Å²) < 4.78 is 38.3. The van der Waals surface area contributed by atoms with Crippen molar-refractivity contribution < 1.29 is 18.0 Å². The van der Waals surface area contributed by atoms with Crippen molar-refractivity contribution in [3.8, 4) is 16.8 Å². The quantitative estimate of drug-likeness (QED) is 0.505. The van der Waals surface area contributed by atoms with Crippen LogP contribution < -0.4 is 5.32 Å². The molecule has 0 unspecified atom stereocenters. The highest BCUT2D eigenvalue weighted by Crippen LogP contribution is 2.30. The summed E-state index contributed by atoms with van der Waals surface area (Å²) in [7, 11) is 0. The van der Waals surface area contributed by atoms with Gasteiger partial charge in [0, 0.05) is 17.3 Å². The highest BCUT2D eigenvalue weighted by molar-refractivity contribution is 7.13. The van der Waals surface area contributed by atoms with Gasteiger partial charge in [-0.1, -0.05) is 12.1 Å². The van der Waals surface area contributed by atoms with E-state index < -0.39 is 17.6 Å². The van der Waals surface area contributed by atoms with Crippen LogP contribution in [0.5, 0.6) is 0 Å². The van der Waals surface area contributed by atoms with Crippen molar-refractivity contribution in [3.63, 3.8) is 0 Å². The number of halogens is 3. The van der Waals surface area contributed by atoms with E-state index in [4.69, 9.17) is 0 Å². The molecule has 1 N–H and O–H groups in total. The molecular formula is C19H11F3N4OS. The van der Waals surface area contributed by atoms with Gasteiger partial charge in [-0.25, -0.2) is 4.98 Å². The maximum atomic E-state index is 12.8. The molecule has 0 saturated carbocycles. The van der Waals surface area contributed by atoms with Crippen LogP contribution in [-0.2, 0) is 11.0 Å². The van der Waals surface area contributed by atoms with Gasteiger partial charge in [-0.2, -0.15) is 18.4 Å². The van der Waals surface area contributed by atoms with Gasteiger partial charge in [0.25, 0.3) is 5.91 Å². The molecule has 9 heteroatoms. The lowest BCUT2D eigenvalue weighted by Crippen LogP contribution is -2.14. The van der Waals surface area contributed by atoms with E-state index in [-0.39, 0.29) is 11.3 Å². The number of thiazole rings is 1. The molecule has 0 spiro atoms. The lowest BCUT2D eigenvalue weighted by atomic mass is 10.1. The van der Waals surface area contributed by atoms with Crippen molar-refractivity contribution in [3.05, 3.63) is 70.9 Å². The van der Waals surface area contributed by atoms with Crippen molar-refractivity contribution in [2.45, 2.75) is 6.18 Å². The Kier molecular flexibility index (Phi) is 5.52. The second-order valence-electron chi connectivity index (χ2n) is 5.50. The van der Waals surface area contributed by atoms with E-state index in [1.165, 1.54) is 29.5 Å². The first-order chi connectivity index (χ1) is 13.4. The summed E-state index contributed by atoms with van der Waals surface area (Å²) in [6, 6.07) is 11.3. The maximum Gasteiger partial charge on any atom is 0.416 e. The minimum absolute atomic E-state index is 0.0616. The van der Waals surface area contributed by atoms with Crippen LogP contribution in [0.25, 0.3) is 16.8 Å². The molecule has 2 aromatic heterocycles. The van der Waals surface area contributed by atoms with E-state index in [1.807, 2.05) is 6.07 Å². The minimum Gasteiger partial charge on any atom is -0.321 e. The fraction of sp³-hybridized carbons (Fsp3) is 0.0526. The zero-order valence-electron chi connectivity index (χ0n) is 14.1. The number of alkyl halides is 3. The Morgan fingerprint density at radius 3 is 2.71 bits per heavy atom. The fourth-order valence-corrected chi connectivity index (χ4v) is 2.98. The third-order valence-corrected chi connectivity index (χ3v) is 4.39. The number of anilines is 1. The molecule has 28 heavy (non-hydrogen) atoms. The maximum absolute atomic E-state index is 12.8. The molecule has 0 aliphatic carbocycles. The minimum atomic E-state index is -4.53. The SMILES string of the molecule is N#C/C(=C\c1csc(-c2ccccn2)n1)C(=O)Nc1cccc(C(F)(F)F)c1. The Bertz CT molecular complexity index is 1070. The Balaban J connectivity index is 1.79. The molecule has 5 nitrogen and oxygen atoms in total. The van der Waals surface area contributed by atoms with Gasteiger partial charge < -0.3 is 5.32 Å². The number of amides is 1. The molecule has 0 saturated heterocycles. The highest BCUT2D eigenvalue weighted by atomic mass is 32.1. The van der Waals surface area contributed by atoms with Gasteiger partial charge in [-0.15, -0.1) is 11.3 Å². The van der Waals surface area contributed by atoms with E-state index in [9.17, 15) is 23.2 Å². The zero-order chi connectivity index (χ0) is 20.1. The monoisotopic (exact) mass is 400 g/mol. The molecule has 0 bridgehead atoms. The number of hydrogen-bond donors (Lipinski definition) is 1. The van der Waals surface area contributed by atoms with Gasteiger partial charge >= 0.3 is 6.18 Å². The van der Waals surface area contributed by atoms with Crippen molar-refractivity contribution >= 4 is 29.0 Å². The average molecular weight is 400 g/mol. The van der Waals surface area contributed by atoms with Crippen LogP contribution in [0, 0.1) is 11.3 Å². The third kappa shape index (κ3) is 4.61. The highest BCUT2D eigenvalue weighted by Gasteiger charge is 2.30. The summed E-state index contributed by atoms with van der Waals surface area (Å²) in [6.45, 7) is 0. The lowest BCUT2D eigenvalue weighted by molar-refractivity contribution is -0.137. The summed E-state index contributed by atoms with van der Waals surface area (Å²) in [5.41, 5.74) is -0.212. The van der Waals surface area contributed by atoms with Crippen LogP contribution in [0.2, 0.25) is 0 Å². The summed E-state index contributed by atoms with van der Waals surface area (Å²) in [5, 5.41) is 13.8. The van der Waals surface area contributed by atoms with Crippen LogP contribution in [0.4, 0.5) is 18.9 Å². The van der Waals surface area contributed by atoms with Crippen LogP contribution in [0.3, 0.4) is 0 Å². The zero-order valence-corrected chi connectivity index (χ0v) is 14.9. The molecule has 1 aromatic carbocycles. The molecule has 0 aliphatic rings. The first-order valence-corrected chi connectivity index (χ1v) is 8.72. The van der Waals surface area contributed by atoms with Crippen molar-refractivity contribution in [2.75, 3.05) is 5.32 Å². The summed E-state index contributed by atoms with van der Waals surface area (Å²) >= 11 is 1.29. The summed E-state index contributed by atoms with van der Waals surface area (Å²) in [4.78, 5) is 20.7. The number of pyridine rings is 1. The lowest BCUT2D eigenvalue weighted by Gasteiger charge is -2.09. The molecule has 0 aliphatic heterocycles. The van der Waals surface area contributed by atoms with Crippen molar-refractivity contribution in [1.82, 2.24) is 9.97 Å². The number of carbonyl (C=O) groups is 1. The number of nitrogens with one attached hydrogen (secondary N) is 1. The van der Waals surface area contributed by atoms with Gasteiger partial charge in [-0.3, -0.25) is 9.78 Å². The van der Waals surface area contributed by atoms with E-state index in [1.54, 1.807) is 29.8 Å². The van der Waals surface area contributed by atoms with Crippen molar-refractivity contribution in [2.24, 2.45) is 0 Å². The smallest absolute Gasteiger partial charge is 0.321 e. The first kappa shape index (κ1) is 19.3. The Morgan fingerprint density at radius 2 is 2.04 bits per heavy atom. The largest absolute Gasteiger partial charge is 0.416 e. The first-order valence-electron chi connectivity index (χ1n) is 7.84. The second-order valence-corrected chi connectivity index (χ2v) is 6.35. The van der Waals surface area contributed by atoms with E-state index in [0.29, 0.717) is 16.4 Å². The number of carbonyl (C=O) groups excluding carboxylic acids is 1. The molecule has 0 fully saturated rings. The van der Waals surface area contributed by atoms with Gasteiger partial charge in [-0.05, 0) is 36.4 Å². The van der Waals surface area contributed by atoms with E-state index >= 15 is 0 Å². The number of nitrogens with zero attached hydrogens (tertiary/aromatic N) is 3. The molecule has 3 rings (SSSR count). The Hall–Kier alpha value is -3.51. The number of rotatable bonds is 4. The van der Waals surface area contributed by atoms with Gasteiger partial charge in [0.05, 0.1) is 17.0 Å². The molecule has 0 radical (unpaired) electrons. The number of benzene rings is 1. The average Bonchev–Trinajstić information content (AvgIpc) is 3.15. The standard InChI is InChI=1S/C19H11F3N4OS/c20-19(21,22)13-4-3-5-14(9-13)25-17(27)12(10-23)8-15-11-28-18(26-15)16-6-1-2-7-24-16/h1-9,11H,(H,25,27)/b12-8+. The van der Waals surface area contributed by atoms with Gasteiger partial charge in [0.1, 0.15) is 16.6 Å². The number of hydrogen-bond acceptors (Lipinski definition) is 5. The fourth-order valence-electron chi connectivity index (χ4n) is 2.23. The summed E-state index contributed by atoms with van der Waals surface area (Å²) in [5.74, 6) is -0.825. The molecule has 140 valence electrons. The van der Waals surface area contributed by atoms with Gasteiger partial charge in [0.2, 0.25) is 0 Å². The molecule has 2 heterocycles.